The third kappa shape index (κ3) is 5.29. The lowest BCUT2D eigenvalue weighted by Crippen LogP contribution is -2.64. The van der Waals surface area contributed by atoms with Gasteiger partial charge in [-0.15, -0.1) is 0 Å². The zero-order valence-corrected chi connectivity index (χ0v) is 39.8. The van der Waals surface area contributed by atoms with Crippen LogP contribution in [0.1, 0.15) is 124 Å². The molecule has 0 bridgehead atoms. The van der Waals surface area contributed by atoms with Gasteiger partial charge in [0.2, 0.25) is 0 Å². The van der Waals surface area contributed by atoms with E-state index >= 15 is 0 Å². The molecule has 64 heavy (non-hydrogen) atoms. The van der Waals surface area contributed by atoms with Crippen molar-refractivity contribution in [2.75, 3.05) is 9.71 Å². The second-order valence-corrected chi connectivity index (χ2v) is 23.3. The molecule has 0 N–H and O–H groups in total. The van der Waals surface area contributed by atoms with Crippen molar-refractivity contribution in [1.82, 2.24) is 0 Å². The number of benzene rings is 7. The van der Waals surface area contributed by atoms with Crippen LogP contribution in [0, 0.1) is 0 Å². The summed E-state index contributed by atoms with van der Waals surface area (Å²) in [4.78, 5) is 5.66. The first kappa shape index (κ1) is 39.8. The van der Waals surface area contributed by atoms with E-state index in [9.17, 15) is 0 Å². The molecule has 0 spiro atoms. The molecule has 12 rings (SSSR count). The highest BCUT2D eigenvalue weighted by Gasteiger charge is 2.62. The van der Waals surface area contributed by atoms with Gasteiger partial charge in [0, 0.05) is 50.1 Å². The van der Waals surface area contributed by atoms with Gasteiger partial charge >= 0.3 is 6.85 Å². The number of fused-ring (bicyclic) bond motifs is 13. The molecule has 0 radical (unpaired) electrons. The van der Waals surface area contributed by atoms with Crippen molar-refractivity contribution in [2.24, 2.45) is 0 Å². The second-order valence-electron chi connectivity index (χ2n) is 23.3. The maximum atomic E-state index is 7.00. The molecule has 2 atom stereocenters. The molecule has 4 heterocycles. The Balaban J connectivity index is 1.29. The summed E-state index contributed by atoms with van der Waals surface area (Å²) in [5.41, 5.74) is 20.5. The van der Waals surface area contributed by atoms with E-state index in [2.05, 4.69) is 207 Å². The molecular weight excluding hydrogens is 775 g/mol. The molecule has 0 amide bonds. The Morgan fingerprint density at radius 1 is 0.562 bits per heavy atom. The van der Waals surface area contributed by atoms with E-state index in [0.717, 1.165) is 17.6 Å². The first-order valence-electron chi connectivity index (χ1n) is 23.9. The minimum atomic E-state index is -0.0909. The van der Waals surface area contributed by atoms with Crippen LogP contribution in [0.15, 0.2) is 126 Å². The maximum absolute atomic E-state index is 7.00. The summed E-state index contributed by atoms with van der Waals surface area (Å²) in [6.07, 6.45) is 4.85. The molecule has 3 nitrogen and oxygen atoms in total. The Bertz CT molecular complexity index is 3280. The van der Waals surface area contributed by atoms with E-state index in [1.165, 1.54) is 113 Å². The maximum Gasteiger partial charge on any atom is 0.333 e. The van der Waals surface area contributed by atoms with Gasteiger partial charge in [-0.25, -0.2) is 0 Å². The minimum absolute atomic E-state index is 0.00398. The highest BCUT2D eigenvalue weighted by Crippen LogP contribution is 2.63. The van der Waals surface area contributed by atoms with E-state index in [1.54, 1.807) is 5.56 Å². The van der Waals surface area contributed by atoms with Crippen molar-refractivity contribution in [3.8, 4) is 22.3 Å². The van der Waals surface area contributed by atoms with Crippen molar-refractivity contribution in [3.63, 3.8) is 0 Å². The summed E-state index contributed by atoms with van der Waals surface area (Å²) >= 11 is 0. The molecular formula is C60H61BN2O. The molecule has 1 fully saturated rings. The molecule has 8 aromatic rings. The summed E-state index contributed by atoms with van der Waals surface area (Å²) in [5.74, 6) is 0. The number of anilines is 4. The predicted molar refractivity (Wildman–Crippen MR) is 275 cm³/mol. The number of nitrogens with zero attached hydrogens (tertiary/aromatic N) is 2. The van der Waals surface area contributed by atoms with Gasteiger partial charge < -0.3 is 14.1 Å². The Morgan fingerprint density at radius 3 is 1.98 bits per heavy atom. The lowest BCUT2D eigenvalue weighted by atomic mass is 9.42. The lowest BCUT2D eigenvalue weighted by molar-refractivity contribution is 0.195. The van der Waals surface area contributed by atoms with Crippen LogP contribution < -0.4 is 20.6 Å². The Labute approximate surface area is 380 Å². The fourth-order valence-corrected chi connectivity index (χ4v) is 12.6. The summed E-state index contributed by atoms with van der Waals surface area (Å²) in [7, 11) is 0. The van der Waals surface area contributed by atoms with Crippen LogP contribution in [0.2, 0.25) is 0 Å². The molecule has 4 heteroatoms. The van der Waals surface area contributed by atoms with E-state index in [0.29, 0.717) is 0 Å². The van der Waals surface area contributed by atoms with Gasteiger partial charge in [-0.2, -0.15) is 0 Å². The van der Waals surface area contributed by atoms with E-state index < -0.39 is 0 Å². The average molecular weight is 837 g/mol. The summed E-state index contributed by atoms with van der Waals surface area (Å²) < 4.78 is 7.00. The van der Waals surface area contributed by atoms with Crippen molar-refractivity contribution in [3.05, 3.63) is 144 Å². The fraction of sp³-hybridized carbons (Fsp3) is 0.333. The van der Waals surface area contributed by atoms with Gasteiger partial charge in [0.1, 0.15) is 11.2 Å². The molecule has 1 aromatic heterocycles. The number of hydrogen-bond acceptors (Lipinski definition) is 3. The molecule has 0 saturated heterocycles. The molecule has 3 aliphatic heterocycles. The van der Waals surface area contributed by atoms with Gasteiger partial charge in [0.05, 0.1) is 5.54 Å². The normalized spacial score (nSPS) is 20.2. The molecule has 320 valence electrons. The predicted octanol–water partition coefficient (Wildman–Crippen LogP) is 15.3. The number of furan rings is 1. The van der Waals surface area contributed by atoms with E-state index in [4.69, 9.17) is 4.42 Å². The highest BCUT2D eigenvalue weighted by molar-refractivity contribution is 6.94. The van der Waals surface area contributed by atoms with Gasteiger partial charge in [-0.1, -0.05) is 167 Å². The van der Waals surface area contributed by atoms with Crippen molar-refractivity contribution < 1.29 is 4.42 Å². The standard InChI is InChI=1S/C60H61BN2O/c1-56(2,3)38-24-26-46(43(32-38)36-19-13-12-14-20-36)63-47-27-28-49-51(42-25-23-39(57(4,5)6)35-50(42)64-49)53(47)52-41-22-16-15-21-37(41)31-48-54(52)61(63)45-34-40(58(7,8)9)33-44-55(45)62(48)60(11)30-18-17-29-59(44,60)10/h12-16,19-28,31-35H,17-18,29-30H2,1-11H3. The van der Waals surface area contributed by atoms with Gasteiger partial charge in [0.15, 0.2) is 0 Å². The zero-order valence-electron chi connectivity index (χ0n) is 39.8. The van der Waals surface area contributed by atoms with Gasteiger partial charge in [-0.05, 0) is 127 Å². The van der Waals surface area contributed by atoms with E-state index in [-0.39, 0.29) is 34.0 Å². The topological polar surface area (TPSA) is 19.6 Å². The summed E-state index contributed by atoms with van der Waals surface area (Å²) in [5, 5.41) is 4.97. The number of rotatable bonds is 2. The average Bonchev–Trinajstić information content (AvgIpc) is 3.74. The molecule has 2 unspecified atom stereocenters. The monoisotopic (exact) mass is 836 g/mol. The number of hydrogen-bond donors (Lipinski definition) is 0. The molecule has 1 aliphatic carbocycles. The summed E-state index contributed by atoms with van der Waals surface area (Å²) in [6, 6.07) is 47.2. The minimum Gasteiger partial charge on any atom is -0.456 e. The largest absolute Gasteiger partial charge is 0.456 e. The molecule has 1 saturated carbocycles. The highest BCUT2D eigenvalue weighted by atomic mass is 16.3. The van der Waals surface area contributed by atoms with Crippen molar-refractivity contribution >= 4 is 73.2 Å². The fourth-order valence-electron chi connectivity index (χ4n) is 12.6. The quantitative estimate of drug-likeness (QED) is 0.162. The first-order chi connectivity index (χ1) is 30.4. The summed E-state index contributed by atoms with van der Waals surface area (Å²) in [6.45, 7) is 26.2. The Kier molecular flexibility index (Phi) is 8.07. The van der Waals surface area contributed by atoms with Crippen LogP contribution in [0.4, 0.5) is 22.7 Å². The first-order valence-corrected chi connectivity index (χ1v) is 23.9. The van der Waals surface area contributed by atoms with Crippen LogP contribution in [-0.4, -0.2) is 12.4 Å². The SMILES string of the molecule is CC(C)(C)c1ccc(N2B3c4cc(C(C)(C)C)cc5c4N(c4cc6ccccc6c(c43)-c3c2ccc2oc4cc(C(C)(C)C)ccc4c32)C2(C)CCCCC52C)c(-c2ccccc2)c1. The van der Waals surface area contributed by atoms with Crippen LogP contribution in [0.5, 0.6) is 0 Å². The lowest BCUT2D eigenvalue weighted by Gasteiger charge is -2.53. The van der Waals surface area contributed by atoms with Crippen LogP contribution in [0.3, 0.4) is 0 Å². The second kappa shape index (κ2) is 13.0. The third-order valence-electron chi connectivity index (χ3n) is 16.4. The Morgan fingerprint density at radius 2 is 1.23 bits per heavy atom. The zero-order chi connectivity index (χ0) is 44.5. The van der Waals surface area contributed by atoms with Crippen LogP contribution >= 0.6 is 0 Å². The Hall–Kier alpha value is -5.74. The molecule has 4 aliphatic rings. The van der Waals surface area contributed by atoms with Crippen molar-refractivity contribution in [2.45, 2.75) is 129 Å². The van der Waals surface area contributed by atoms with Gasteiger partial charge in [-0.3, -0.25) is 0 Å². The third-order valence-corrected chi connectivity index (χ3v) is 16.4. The van der Waals surface area contributed by atoms with E-state index in [1.807, 2.05) is 0 Å². The van der Waals surface area contributed by atoms with Crippen molar-refractivity contribution in [1.29, 1.82) is 0 Å². The smallest absolute Gasteiger partial charge is 0.333 e. The van der Waals surface area contributed by atoms with Gasteiger partial charge in [0.25, 0.3) is 0 Å². The molecule has 7 aromatic carbocycles. The van der Waals surface area contributed by atoms with Crippen LogP contribution in [0.25, 0.3) is 55.0 Å². The van der Waals surface area contributed by atoms with Crippen LogP contribution in [-0.2, 0) is 21.7 Å².